The zero-order valence-electron chi connectivity index (χ0n) is 14.8. The van der Waals surface area contributed by atoms with Crippen molar-refractivity contribution in [1.82, 2.24) is 9.55 Å². The van der Waals surface area contributed by atoms with Crippen molar-refractivity contribution >= 4 is 11.0 Å². The fraction of sp³-hybridized carbons (Fsp3) is 0.381. The fourth-order valence-corrected chi connectivity index (χ4v) is 3.17. The van der Waals surface area contributed by atoms with E-state index >= 15 is 0 Å². The monoisotopic (exact) mass is 321 g/mol. The minimum absolute atomic E-state index is 0.777. The number of hydrogen-bond acceptors (Lipinski definition) is 2. The lowest BCUT2D eigenvalue weighted by Crippen LogP contribution is -2.06. The summed E-state index contributed by atoms with van der Waals surface area (Å²) < 4.78 is 2.39. The van der Waals surface area contributed by atoms with Crippen molar-refractivity contribution in [1.29, 1.82) is 0 Å². The van der Waals surface area contributed by atoms with E-state index in [0.717, 1.165) is 37.9 Å². The van der Waals surface area contributed by atoms with Gasteiger partial charge in [0.2, 0.25) is 0 Å². The van der Waals surface area contributed by atoms with Crippen LogP contribution >= 0.6 is 0 Å². The van der Waals surface area contributed by atoms with Crippen LogP contribution in [-0.2, 0) is 13.0 Å². The average Bonchev–Trinajstić information content (AvgIpc) is 2.90. The van der Waals surface area contributed by atoms with Gasteiger partial charge in [0.25, 0.3) is 0 Å². The van der Waals surface area contributed by atoms with Gasteiger partial charge in [0.1, 0.15) is 5.82 Å². The molecular weight excluding hydrogens is 294 g/mol. The first-order valence-corrected chi connectivity index (χ1v) is 8.89. The van der Waals surface area contributed by atoms with Crippen LogP contribution in [0.3, 0.4) is 0 Å². The lowest BCUT2D eigenvalue weighted by atomic mass is 10.1. The van der Waals surface area contributed by atoms with Gasteiger partial charge in [-0.25, -0.2) is 4.98 Å². The summed E-state index contributed by atoms with van der Waals surface area (Å²) in [7, 11) is 0. The summed E-state index contributed by atoms with van der Waals surface area (Å²) in [6.45, 7) is 5.99. The van der Waals surface area contributed by atoms with Gasteiger partial charge in [-0.2, -0.15) is 0 Å². The summed E-state index contributed by atoms with van der Waals surface area (Å²) in [5.41, 5.74) is 11.9. The van der Waals surface area contributed by atoms with Crippen LogP contribution in [0.15, 0.2) is 42.5 Å². The number of unbranched alkanes of at least 4 members (excludes halogenated alkanes) is 2. The van der Waals surface area contributed by atoms with Crippen LogP contribution in [0.1, 0.15) is 41.8 Å². The minimum atomic E-state index is 0.777. The van der Waals surface area contributed by atoms with Crippen molar-refractivity contribution in [3.63, 3.8) is 0 Å². The molecule has 3 nitrogen and oxygen atoms in total. The number of nitrogens with zero attached hydrogens (tertiary/aromatic N) is 2. The Balaban J connectivity index is 1.96. The maximum atomic E-state index is 5.61. The molecule has 0 fully saturated rings. The Labute approximate surface area is 144 Å². The van der Waals surface area contributed by atoms with Gasteiger partial charge >= 0.3 is 0 Å². The highest BCUT2D eigenvalue weighted by Crippen LogP contribution is 2.23. The van der Waals surface area contributed by atoms with Gasteiger partial charge in [-0.1, -0.05) is 36.8 Å². The standard InChI is InChI=1S/C21H27N3/c1-16-13-19-20(14-17(16)2)24(15-18-9-5-3-6-10-18)21(23-19)11-7-4-8-12-22/h3,5-6,9-10,13-14H,4,7-8,11-12,15,22H2,1-2H3. The zero-order chi connectivity index (χ0) is 16.9. The van der Waals surface area contributed by atoms with Gasteiger partial charge in [0.15, 0.2) is 0 Å². The van der Waals surface area contributed by atoms with E-state index < -0.39 is 0 Å². The lowest BCUT2D eigenvalue weighted by Gasteiger charge is -2.10. The second-order valence-corrected chi connectivity index (χ2v) is 6.62. The summed E-state index contributed by atoms with van der Waals surface area (Å²) in [5, 5.41) is 0. The van der Waals surface area contributed by atoms with Gasteiger partial charge < -0.3 is 10.3 Å². The molecule has 0 atom stereocenters. The molecule has 0 aliphatic heterocycles. The van der Waals surface area contributed by atoms with Gasteiger partial charge in [0.05, 0.1) is 11.0 Å². The van der Waals surface area contributed by atoms with Crippen molar-refractivity contribution < 1.29 is 0 Å². The van der Waals surface area contributed by atoms with E-state index in [-0.39, 0.29) is 0 Å². The van der Waals surface area contributed by atoms with E-state index in [0.29, 0.717) is 0 Å². The predicted molar refractivity (Wildman–Crippen MR) is 101 cm³/mol. The second-order valence-electron chi connectivity index (χ2n) is 6.62. The Morgan fingerprint density at radius 3 is 2.46 bits per heavy atom. The van der Waals surface area contributed by atoms with Crippen LogP contribution < -0.4 is 5.73 Å². The average molecular weight is 321 g/mol. The molecule has 0 unspecified atom stereocenters. The Morgan fingerprint density at radius 1 is 0.958 bits per heavy atom. The first-order valence-electron chi connectivity index (χ1n) is 8.89. The third-order valence-corrected chi connectivity index (χ3v) is 4.73. The Kier molecular flexibility index (Phi) is 5.31. The van der Waals surface area contributed by atoms with Crippen molar-refractivity contribution in [2.45, 2.75) is 46.1 Å². The van der Waals surface area contributed by atoms with Crippen molar-refractivity contribution in [3.8, 4) is 0 Å². The maximum absolute atomic E-state index is 5.61. The molecule has 0 saturated carbocycles. The molecule has 0 aliphatic rings. The van der Waals surface area contributed by atoms with Gasteiger partial charge in [-0.05, 0) is 62.1 Å². The normalized spacial score (nSPS) is 11.3. The third kappa shape index (κ3) is 3.68. The third-order valence-electron chi connectivity index (χ3n) is 4.73. The lowest BCUT2D eigenvalue weighted by molar-refractivity contribution is 0.644. The molecule has 2 N–H and O–H groups in total. The number of aryl methyl sites for hydroxylation is 3. The van der Waals surface area contributed by atoms with Crippen molar-refractivity contribution in [2.24, 2.45) is 5.73 Å². The zero-order valence-corrected chi connectivity index (χ0v) is 14.8. The maximum Gasteiger partial charge on any atom is 0.110 e. The number of nitrogens with two attached hydrogens (primary N) is 1. The van der Waals surface area contributed by atoms with Crippen LogP contribution in [0.2, 0.25) is 0 Å². The molecule has 1 aromatic heterocycles. The first kappa shape index (κ1) is 16.7. The molecule has 0 bridgehead atoms. The molecule has 0 radical (unpaired) electrons. The smallest absolute Gasteiger partial charge is 0.110 e. The molecule has 3 heteroatoms. The van der Waals surface area contributed by atoms with E-state index in [2.05, 4.69) is 60.9 Å². The molecule has 0 aliphatic carbocycles. The topological polar surface area (TPSA) is 43.8 Å². The van der Waals surface area contributed by atoms with Crippen LogP contribution in [0.5, 0.6) is 0 Å². The quantitative estimate of drug-likeness (QED) is 0.657. The highest BCUT2D eigenvalue weighted by atomic mass is 15.1. The van der Waals surface area contributed by atoms with Crippen LogP contribution in [0.25, 0.3) is 11.0 Å². The van der Waals surface area contributed by atoms with Crippen LogP contribution in [-0.4, -0.2) is 16.1 Å². The highest BCUT2D eigenvalue weighted by Gasteiger charge is 2.12. The van der Waals surface area contributed by atoms with Crippen LogP contribution in [0, 0.1) is 13.8 Å². The summed E-state index contributed by atoms with van der Waals surface area (Å²) in [6.07, 6.45) is 4.42. The largest absolute Gasteiger partial charge is 0.330 e. The molecule has 126 valence electrons. The molecule has 2 aromatic carbocycles. The molecule has 0 spiro atoms. The summed E-state index contributed by atoms with van der Waals surface area (Å²) in [6, 6.07) is 15.1. The van der Waals surface area contributed by atoms with Gasteiger partial charge in [0, 0.05) is 13.0 Å². The molecule has 3 rings (SSSR count). The Morgan fingerprint density at radius 2 is 1.71 bits per heavy atom. The molecule has 24 heavy (non-hydrogen) atoms. The first-order chi connectivity index (χ1) is 11.7. The Bertz CT molecular complexity index is 803. The van der Waals surface area contributed by atoms with Gasteiger partial charge in [-0.15, -0.1) is 0 Å². The van der Waals surface area contributed by atoms with Crippen LogP contribution in [0.4, 0.5) is 0 Å². The molecule has 1 heterocycles. The predicted octanol–water partition coefficient (Wildman–Crippen LogP) is 4.37. The number of rotatable bonds is 7. The summed E-state index contributed by atoms with van der Waals surface area (Å²) in [4.78, 5) is 4.94. The number of fused-ring (bicyclic) bond motifs is 1. The number of imidazole rings is 1. The second kappa shape index (κ2) is 7.63. The number of aromatic nitrogens is 2. The summed E-state index contributed by atoms with van der Waals surface area (Å²) in [5.74, 6) is 1.19. The van der Waals surface area contributed by atoms with E-state index in [4.69, 9.17) is 10.7 Å². The Hall–Kier alpha value is -2.13. The minimum Gasteiger partial charge on any atom is -0.330 e. The number of hydrogen-bond donors (Lipinski definition) is 1. The fourth-order valence-electron chi connectivity index (χ4n) is 3.17. The van der Waals surface area contributed by atoms with E-state index in [9.17, 15) is 0 Å². The molecular formula is C21H27N3. The van der Waals surface area contributed by atoms with Crippen molar-refractivity contribution in [2.75, 3.05) is 6.54 Å². The van der Waals surface area contributed by atoms with E-state index in [1.54, 1.807) is 0 Å². The van der Waals surface area contributed by atoms with Gasteiger partial charge in [-0.3, -0.25) is 0 Å². The number of benzene rings is 2. The molecule has 0 saturated heterocycles. The highest BCUT2D eigenvalue weighted by molar-refractivity contribution is 5.78. The molecule has 3 aromatic rings. The summed E-state index contributed by atoms with van der Waals surface area (Å²) >= 11 is 0. The van der Waals surface area contributed by atoms with E-state index in [1.807, 2.05) is 0 Å². The molecule has 0 amide bonds. The van der Waals surface area contributed by atoms with E-state index in [1.165, 1.54) is 34.5 Å². The van der Waals surface area contributed by atoms with Crippen molar-refractivity contribution in [3.05, 3.63) is 65.0 Å². The SMILES string of the molecule is Cc1cc2nc(CCCCCN)n(Cc3ccccc3)c2cc1C.